The van der Waals surface area contributed by atoms with Crippen LogP contribution in [0.2, 0.25) is 0 Å². The molecule has 0 bridgehead atoms. The van der Waals surface area contributed by atoms with Crippen molar-refractivity contribution in [2.45, 2.75) is 26.9 Å². The first-order valence-corrected chi connectivity index (χ1v) is 4.42. The molecule has 1 aromatic carbocycles. The lowest BCUT2D eigenvalue weighted by atomic mass is 10.2. The molecular formula is C10H13NO3. The number of nitrogens with zero attached hydrogens (tertiary/aromatic N) is 1. The number of hydrogen-bond acceptors (Lipinski definition) is 3. The zero-order valence-electron chi connectivity index (χ0n) is 8.48. The Labute approximate surface area is 82.7 Å². The van der Waals surface area contributed by atoms with Crippen LogP contribution in [0.1, 0.15) is 19.4 Å². The maximum atomic E-state index is 10.5. The molecule has 0 atom stereocenters. The van der Waals surface area contributed by atoms with Gasteiger partial charge in [-0.25, -0.2) is 0 Å². The third-order valence-electron chi connectivity index (χ3n) is 1.75. The smallest absolute Gasteiger partial charge is 0.273 e. The molecule has 0 radical (unpaired) electrons. The zero-order chi connectivity index (χ0) is 10.7. The van der Waals surface area contributed by atoms with E-state index in [1.165, 1.54) is 12.1 Å². The lowest BCUT2D eigenvalue weighted by molar-refractivity contribution is -0.385. The third kappa shape index (κ3) is 2.45. The molecule has 0 amide bonds. The lowest BCUT2D eigenvalue weighted by Crippen LogP contribution is -2.06. The summed E-state index contributed by atoms with van der Waals surface area (Å²) in [5.74, 6) is 0.578. The van der Waals surface area contributed by atoms with E-state index in [0.717, 1.165) is 5.56 Å². The molecule has 4 heteroatoms. The molecule has 0 aliphatic heterocycles. The van der Waals surface area contributed by atoms with Crippen LogP contribution in [0.25, 0.3) is 0 Å². The fraction of sp³-hybridized carbons (Fsp3) is 0.400. The Morgan fingerprint density at radius 1 is 1.43 bits per heavy atom. The average molecular weight is 195 g/mol. The van der Waals surface area contributed by atoms with Crippen LogP contribution in [0.5, 0.6) is 5.75 Å². The van der Waals surface area contributed by atoms with Crippen molar-refractivity contribution in [2.75, 3.05) is 0 Å². The van der Waals surface area contributed by atoms with Crippen LogP contribution >= 0.6 is 0 Å². The van der Waals surface area contributed by atoms with Crippen molar-refractivity contribution in [1.29, 1.82) is 0 Å². The first-order valence-electron chi connectivity index (χ1n) is 4.42. The van der Waals surface area contributed by atoms with E-state index in [0.29, 0.717) is 5.75 Å². The fourth-order valence-corrected chi connectivity index (χ4v) is 1.08. The minimum Gasteiger partial charge on any atom is -0.490 e. The Morgan fingerprint density at radius 2 is 2.07 bits per heavy atom. The number of aryl methyl sites for hydroxylation is 1. The Hall–Kier alpha value is -1.58. The van der Waals surface area contributed by atoms with Crippen LogP contribution < -0.4 is 4.74 Å². The first kappa shape index (κ1) is 10.5. The van der Waals surface area contributed by atoms with Gasteiger partial charge in [0.1, 0.15) is 5.75 Å². The number of nitro groups is 1. The summed E-state index contributed by atoms with van der Waals surface area (Å²) in [6.45, 7) is 5.64. The molecule has 0 heterocycles. The predicted molar refractivity (Wildman–Crippen MR) is 53.6 cm³/mol. The molecule has 1 aromatic rings. The second-order valence-electron chi connectivity index (χ2n) is 3.37. The van der Waals surface area contributed by atoms with Crippen molar-refractivity contribution in [3.63, 3.8) is 0 Å². The molecular weight excluding hydrogens is 182 g/mol. The number of nitro benzene ring substituents is 1. The highest BCUT2D eigenvalue weighted by molar-refractivity contribution is 5.43. The monoisotopic (exact) mass is 195 g/mol. The molecule has 0 N–H and O–H groups in total. The van der Waals surface area contributed by atoms with Crippen molar-refractivity contribution >= 4 is 5.69 Å². The fourth-order valence-electron chi connectivity index (χ4n) is 1.08. The molecule has 76 valence electrons. The standard InChI is InChI=1S/C10H13NO3/c1-7(2)14-10-6-9(11(12)13)5-4-8(10)3/h4-7H,1-3H3. The van der Waals surface area contributed by atoms with Crippen LogP contribution in [0.3, 0.4) is 0 Å². The van der Waals surface area contributed by atoms with Gasteiger partial charge in [0.2, 0.25) is 0 Å². The summed E-state index contributed by atoms with van der Waals surface area (Å²) in [5.41, 5.74) is 0.968. The number of non-ortho nitro benzene ring substituents is 1. The third-order valence-corrected chi connectivity index (χ3v) is 1.75. The van der Waals surface area contributed by atoms with E-state index >= 15 is 0 Å². The van der Waals surface area contributed by atoms with E-state index in [2.05, 4.69) is 0 Å². The SMILES string of the molecule is Cc1ccc([N+](=O)[O-])cc1OC(C)C. The maximum Gasteiger partial charge on any atom is 0.273 e. The van der Waals surface area contributed by atoms with Gasteiger partial charge in [0.05, 0.1) is 17.1 Å². The molecule has 0 aromatic heterocycles. The van der Waals surface area contributed by atoms with E-state index in [4.69, 9.17) is 4.74 Å². The number of benzene rings is 1. The van der Waals surface area contributed by atoms with E-state index < -0.39 is 4.92 Å². The maximum absolute atomic E-state index is 10.5. The highest BCUT2D eigenvalue weighted by atomic mass is 16.6. The van der Waals surface area contributed by atoms with Gasteiger partial charge in [0.15, 0.2) is 0 Å². The van der Waals surface area contributed by atoms with Gasteiger partial charge < -0.3 is 4.74 Å². The summed E-state index contributed by atoms with van der Waals surface area (Å²) in [5, 5.41) is 10.5. The second-order valence-corrected chi connectivity index (χ2v) is 3.37. The summed E-state index contributed by atoms with van der Waals surface area (Å²) in [6.07, 6.45) is 0.0238. The van der Waals surface area contributed by atoms with Crippen molar-refractivity contribution < 1.29 is 9.66 Å². The van der Waals surface area contributed by atoms with Crippen molar-refractivity contribution in [2.24, 2.45) is 0 Å². The van der Waals surface area contributed by atoms with Crippen LogP contribution in [-0.4, -0.2) is 11.0 Å². The van der Waals surface area contributed by atoms with Gasteiger partial charge in [-0.05, 0) is 32.4 Å². The summed E-state index contributed by atoms with van der Waals surface area (Å²) >= 11 is 0. The van der Waals surface area contributed by atoms with Gasteiger partial charge in [0, 0.05) is 6.07 Å². The molecule has 4 nitrogen and oxygen atoms in total. The minimum absolute atomic E-state index is 0.0238. The molecule has 0 aliphatic rings. The summed E-state index contributed by atoms with van der Waals surface area (Å²) in [6, 6.07) is 4.62. The van der Waals surface area contributed by atoms with E-state index in [1.54, 1.807) is 6.07 Å². The van der Waals surface area contributed by atoms with Crippen LogP contribution in [0.15, 0.2) is 18.2 Å². The number of ether oxygens (including phenoxy) is 1. The predicted octanol–water partition coefficient (Wildman–Crippen LogP) is 2.69. The molecule has 0 saturated heterocycles. The van der Waals surface area contributed by atoms with E-state index in [9.17, 15) is 10.1 Å². The van der Waals surface area contributed by atoms with Gasteiger partial charge in [0.25, 0.3) is 5.69 Å². The average Bonchev–Trinajstić information content (AvgIpc) is 2.07. The lowest BCUT2D eigenvalue weighted by Gasteiger charge is -2.11. The van der Waals surface area contributed by atoms with Crippen molar-refractivity contribution in [3.05, 3.63) is 33.9 Å². The van der Waals surface area contributed by atoms with Crippen LogP contribution in [0, 0.1) is 17.0 Å². The second kappa shape index (κ2) is 4.09. The van der Waals surface area contributed by atoms with E-state index in [-0.39, 0.29) is 11.8 Å². The molecule has 14 heavy (non-hydrogen) atoms. The van der Waals surface area contributed by atoms with Gasteiger partial charge >= 0.3 is 0 Å². The van der Waals surface area contributed by atoms with Gasteiger partial charge in [-0.1, -0.05) is 0 Å². The van der Waals surface area contributed by atoms with Gasteiger partial charge in [-0.3, -0.25) is 10.1 Å². The Morgan fingerprint density at radius 3 is 2.57 bits per heavy atom. The normalized spacial score (nSPS) is 10.3. The molecule has 1 rings (SSSR count). The Kier molecular flexibility index (Phi) is 3.06. The van der Waals surface area contributed by atoms with Crippen LogP contribution in [-0.2, 0) is 0 Å². The van der Waals surface area contributed by atoms with E-state index in [1.807, 2.05) is 20.8 Å². The molecule has 0 fully saturated rings. The first-order chi connectivity index (χ1) is 6.50. The molecule has 0 unspecified atom stereocenters. The summed E-state index contributed by atoms with van der Waals surface area (Å²) in [4.78, 5) is 10.1. The van der Waals surface area contributed by atoms with Crippen LogP contribution in [0.4, 0.5) is 5.69 Å². The Bertz CT molecular complexity index is 347. The Balaban J connectivity index is 3.02. The van der Waals surface area contributed by atoms with Crippen molar-refractivity contribution in [1.82, 2.24) is 0 Å². The highest BCUT2D eigenvalue weighted by Gasteiger charge is 2.10. The van der Waals surface area contributed by atoms with Gasteiger partial charge in [-0.15, -0.1) is 0 Å². The summed E-state index contributed by atoms with van der Waals surface area (Å²) in [7, 11) is 0. The quantitative estimate of drug-likeness (QED) is 0.550. The molecule has 0 aliphatic carbocycles. The number of hydrogen-bond donors (Lipinski definition) is 0. The highest BCUT2D eigenvalue weighted by Crippen LogP contribution is 2.24. The molecule has 0 spiro atoms. The topological polar surface area (TPSA) is 52.4 Å². The molecule has 0 saturated carbocycles. The number of rotatable bonds is 3. The largest absolute Gasteiger partial charge is 0.490 e. The minimum atomic E-state index is -0.424. The zero-order valence-corrected chi connectivity index (χ0v) is 8.48. The van der Waals surface area contributed by atoms with Crippen molar-refractivity contribution in [3.8, 4) is 5.75 Å². The van der Waals surface area contributed by atoms with Gasteiger partial charge in [-0.2, -0.15) is 0 Å². The summed E-state index contributed by atoms with van der Waals surface area (Å²) < 4.78 is 5.43.